The van der Waals surface area contributed by atoms with Crippen LogP contribution < -0.4 is 10.1 Å². The number of carbonyl (C=O) groups is 1. The topological polar surface area (TPSA) is 38.3 Å². The number of hydrogen-bond donors (Lipinski definition) is 1. The summed E-state index contributed by atoms with van der Waals surface area (Å²) in [5.74, 6) is 0.212. The number of amides is 1. The van der Waals surface area contributed by atoms with Crippen molar-refractivity contribution in [3.63, 3.8) is 0 Å². The maximum absolute atomic E-state index is 13.0. The first-order chi connectivity index (χ1) is 11.0. The van der Waals surface area contributed by atoms with Gasteiger partial charge in [-0.1, -0.05) is 37.6 Å². The minimum absolute atomic E-state index is 0.0912. The molecule has 2 rings (SSSR count). The van der Waals surface area contributed by atoms with E-state index in [1.807, 2.05) is 13.8 Å². The number of ether oxygens (including phenoxy) is 1. The van der Waals surface area contributed by atoms with Crippen LogP contribution in [0.15, 0.2) is 48.5 Å². The Morgan fingerprint density at radius 2 is 1.74 bits per heavy atom. The molecule has 0 aliphatic carbocycles. The van der Waals surface area contributed by atoms with Gasteiger partial charge in [-0.15, -0.1) is 0 Å². The Balaban J connectivity index is 1.95. The van der Waals surface area contributed by atoms with Crippen molar-refractivity contribution in [1.29, 1.82) is 0 Å². The summed E-state index contributed by atoms with van der Waals surface area (Å²) in [4.78, 5) is 12.1. The molecule has 0 radical (unpaired) electrons. The van der Waals surface area contributed by atoms with Gasteiger partial charge in [0, 0.05) is 5.02 Å². The molecule has 0 unspecified atom stereocenters. The fourth-order valence-electron chi connectivity index (χ4n) is 2.20. The number of carbonyl (C=O) groups excluding carboxylic acids is 1. The zero-order chi connectivity index (χ0) is 16.8. The first kappa shape index (κ1) is 17.3. The number of rotatable bonds is 6. The molecule has 0 saturated carbocycles. The van der Waals surface area contributed by atoms with Crippen molar-refractivity contribution in [2.45, 2.75) is 19.9 Å². The number of halogens is 2. The van der Waals surface area contributed by atoms with Gasteiger partial charge >= 0.3 is 0 Å². The van der Waals surface area contributed by atoms with Crippen LogP contribution in [0, 0.1) is 11.7 Å². The lowest BCUT2D eigenvalue weighted by atomic mass is 9.96. The third-order valence-corrected chi connectivity index (χ3v) is 3.65. The van der Waals surface area contributed by atoms with Crippen LogP contribution in [0.25, 0.3) is 0 Å². The lowest BCUT2D eigenvalue weighted by molar-refractivity contribution is -0.124. The summed E-state index contributed by atoms with van der Waals surface area (Å²) in [5, 5.41) is 3.53. The molecule has 3 nitrogen and oxygen atoms in total. The van der Waals surface area contributed by atoms with Crippen LogP contribution in [0.2, 0.25) is 5.02 Å². The minimum atomic E-state index is -0.298. The number of benzene rings is 2. The summed E-state index contributed by atoms with van der Waals surface area (Å²) in [6.07, 6.45) is 0. The molecule has 0 fully saturated rings. The van der Waals surface area contributed by atoms with Crippen molar-refractivity contribution >= 4 is 17.5 Å². The molecule has 1 N–H and O–H groups in total. The monoisotopic (exact) mass is 335 g/mol. The molecular weight excluding hydrogens is 317 g/mol. The summed E-state index contributed by atoms with van der Waals surface area (Å²) >= 11 is 5.80. The van der Waals surface area contributed by atoms with Gasteiger partial charge in [-0.3, -0.25) is 4.79 Å². The smallest absolute Gasteiger partial charge is 0.258 e. The van der Waals surface area contributed by atoms with E-state index in [2.05, 4.69) is 5.32 Å². The van der Waals surface area contributed by atoms with E-state index in [9.17, 15) is 9.18 Å². The maximum atomic E-state index is 13.0. The second-order valence-corrected chi connectivity index (χ2v) is 6.02. The van der Waals surface area contributed by atoms with E-state index in [1.54, 1.807) is 36.4 Å². The van der Waals surface area contributed by atoms with Crippen LogP contribution in [0.3, 0.4) is 0 Å². The van der Waals surface area contributed by atoms with E-state index in [4.69, 9.17) is 16.3 Å². The van der Waals surface area contributed by atoms with Gasteiger partial charge in [0.25, 0.3) is 5.91 Å². The summed E-state index contributed by atoms with van der Waals surface area (Å²) in [5.41, 5.74) is 0.862. The molecule has 2 aromatic carbocycles. The highest BCUT2D eigenvalue weighted by Gasteiger charge is 2.18. The molecule has 0 aliphatic rings. The Hall–Kier alpha value is -2.07. The Morgan fingerprint density at radius 3 is 2.30 bits per heavy atom. The zero-order valence-corrected chi connectivity index (χ0v) is 13.8. The zero-order valence-electron chi connectivity index (χ0n) is 13.1. The van der Waals surface area contributed by atoms with Crippen molar-refractivity contribution in [2.75, 3.05) is 6.61 Å². The third-order valence-electron chi connectivity index (χ3n) is 3.40. The molecule has 0 aliphatic heterocycles. The Labute approximate surface area is 140 Å². The average Bonchev–Trinajstić information content (AvgIpc) is 2.53. The first-order valence-electron chi connectivity index (χ1n) is 7.39. The molecule has 0 bridgehead atoms. The van der Waals surface area contributed by atoms with Gasteiger partial charge in [0.1, 0.15) is 11.6 Å². The highest BCUT2D eigenvalue weighted by atomic mass is 35.5. The lowest BCUT2D eigenvalue weighted by Crippen LogP contribution is -2.35. The van der Waals surface area contributed by atoms with E-state index in [0.717, 1.165) is 5.56 Å². The standard InChI is InChI=1S/C18H19ClFNO2/c1-12(2)18(13-3-7-15(20)8-4-13)21-17(22)11-23-16-9-5-14(19)6-10-16/h3-10,12,18H,11H2,1-2H3,(H,21,22)/t18-/m0/s1. The molecule has 0 aromatic heterocycles. The van der Waals surface area contributed by atoms with E-state index in [-0.39, 0.29) is 30.3 Å². The second-order valence-electron chi connectivity index (χ2n) is 5.58. The Kier molecular flexibility index (Phi) is 5.99. The molecule has 2 aromatic rings. The molecule has 1 atom stereocenters. The molecule has 0 heterocycles. The largest absolute Gasteiger partial charge is 0.484 e. The van der Waals surface area contributed by atoms with Gasteiger partial charge < -0.3 is 10.1 Å². The Morgan fingerprint density at radius 1 is 1.13 bits per heavy atom. The van der Waals surface area contributed by atoms with Crippen molar-refractivity contribution in [1.82, 2.24) is 5.32 Å². The van der Waals surface area contributed by atoms with Crippen molar-refractivity contribution in [3.05, 3.63) is 64.9 Å². The van der Waals surface area contributed by atoms with Crippen LogP contribution in [-0.2, 0) is 4.79 Å². The third kappa shape index (κ3) is 5.25. The maximum Gasteiger partial charge on any atom is 0.258 e. The van der Waals surface area contributed by atoms with Gasteiger partial charge in [0.15, 0.2) is 6.61 Å². The van der Waals surface area contributed by atoms with Crippen molar-refractivity contribution in [2.24, 2.45) is 5.92 Å². The van der Waals surface area contributed by atoms with E-state index in [1.165, 1.54) is 12.1 Å². The normalized spacial score (nSPS) is 12.0. The predicted molar refractivity (Wildman–Crippen MR) is 89.1 cm³/mol. The second kappa shape index (κ2) is 7.97. The highest BCUT2D eigenvalue weighted by molar-refractivity contribution is 6.30. The minimum Gasteiger partial charge on any atom is -0.484 e. The van der Waals surface area contributed by atoms with E-state index in [0.29, 0.717) is 10.8 Å². The van der Waals surface area contributed by atoms with Crippen LogP contribution in [0.5, 0.6) is 5.75 Å². The first-order valence-corrected chi connectivity index (χ1v) is 7.76. The molecule has 5 heteroatoms. The summed E-state index contributed by atoms with van der Waals surface area (Å²) < 4.78 is 18.5. The van der Waals surface area contributed by atoms with Crippen LogP contribution in [0.4, 0.5) is 4.39 Å². The molecule has 0 saturated heterocycles. The summed E-state index contributed by atoms with van der Waals surface area (Å²) in [7, 11) is 0. The van der Waals surface area contributed by atoms with Crippen molar-refractivity contribution in [3.8, 4) is 5.75 Å². The van der Waals surface area contributed by atoms with Crippen molar-refractivity contribution < 1.29 is 13.9 Å². The van der Waals surface area contributed by atoms with Gasteiger partial charge in [-0.05, 0) is 47.9 Å². The summed E-state index contributed by atoms with van der Waals surface area (Å²) in [6, 6.07) is 12.7. The van der Waals surface area contributed by atoms with E-state index >= 15 is 0 Å². The van der Waals surface area contributed by atoms with Gasteiger partial charge in [0.2, 0.25) is 0 Å². The molecule has 1 amide bonds. The van der Waals surface area contributed by atoms with Crippen LogP contribution >= 0.6 is 11.6 Å². The Bertz CT molecular complexity index is 641. The van der Waals surface area contributed by atoms with Crippen LogP contribution in [-0.4, -0.2) is 12.5 Å². The predicted octanol–water partition coefficient (Wildman–Crippen LogP) is 4.37. The number of hydrogen-bond acceptors (Lipinski definition) is 2. The molecule has 122 valence electrons. The van der Waals surface area contributed by atoms with Crippen LogP contribution in [0.1, 0.15) is 25.5 Å². The van der Waals surface area contributed by atoms with E-state index < -0.39 is 0 Å². The molecule has 23 heavy (non-hydrogen) atoms. The number of nitrogens with one attached hydrogen (secondary N) is 1. The fourth-order valence-corrected chi connectivity index (χ4v) is 2.33. The quantitative estimate of drug-likeness (QED) is 0.851. The average molecular weight is 336 g/mol. The fraction of sp³-hybridized carbons (Fsp3) is 0.278. The highest BCUT2D eigenvalue weighted by Crippen LogP contribution is 2.22. The summed E-state index contributed by atoms with van der Waals surface area (Å²) in [6.45, 7) is 3.90. The molecular formula is C18H19ClFNO2. The SMILES string of the molecule is CC(C)[C@H](NC(=O)COc1ccc(Cl)cc1)c1ccc(F)cc1. The van der Waals surface area contributed by atoms with Gasteiger partial charge in [-0.25, -0.2) is 4.39 Å². The molecule has 0 spiro atoms. The van der Waals surface area contributed by atoms with Gasteiger partial charge in [0.05, 0.1) is 6.04 Å². The van der Waals surface area contributed by atoms with Gasteiger partial charge in [-0.2, -0.15) is 0 Å². The lowest BCUT2D eigenvalue weighted by Gasteiger charge is -2.23.